The zero-order chi connectivity index (χ0) is 20.9. The standard InChI is InChI=1S/2C6H4Cl2O.2C2H4O2/c7-4-1-2-5(8)6(9)3-4;7-4-2-1-3-5(9)6(4)8;2*1-2(3)4/h2*1-3,9H;2*1H3,(H,3,4). The first-order valence-corrected chi connectivity index (χ1v) is 8.05. The molecular weight excluding hydrogens is 430 g/mol. The zero-order valence-corrected chi connectivity index (χ0v) is 16.6. The average Bonchev–Trinajstić information content (AvgIpc) is 2.48. The Bertz CT molecular complexity index is 682. The van der Waals surface area contributed by atoms with Crippen molar-refractivity contribution >= 4 is 58.3 Å². The minimum atomic E-state index is -0.833. The molecule has 0 radical (unpaired) electrons. The molecule has 0 spiro atoms. The van der Waals surface area contributed by atoms with Crippen molar-refractivity contribution < 1.29 is 30.0 Å². The molecule has 4 N–H and O–H groups in total. The van der Waals surface area contributed by atoms with Crippen molar-refractivity contribution in [1.29, 1.82) is 0 Å². The number of aromatic hydroxyl groups is 2. The second-order valence-electron chi connectivity index (χ2n) is 4.21. The summed E-state index contributed by atoms with van der Waals surface area (Å²) in [5.74, 6) is -1.63. The molecule has 0 fully saturated rings. The van der Waals surface area contributed by atoms with Gasteiger partial charge in [-0.2, -0.15) is 0 Å². The van der Waals surface area contributed by atoms with Crippen molar-refractivity contribution in [3.8, 4) is 11.5 Å². The lowest BCUT2D eigenvalue weighted by molar-refractivity contribution is -0.135. The van der Waals surface area contributed by atoms with Crippen molar-refractivity contribution in [3.63, 3.8) is 0 Å². The quantitative estimate of drug-likeness (QED) is 0.420. The van der Waals surface area contributed by atoms with E-state index in [1.54, 1.807) is 24.3 Å². The molecule has 0 saturated carbocycles. The van der Waals surface area contributed by atoms with Gasteiger partial charge in [-0.3, -0.25) is 9.59 Å². The van der Waals surface area contributed by atoms with E-state index in [0.717, 1.165) is 13.8 Å². The number of carbonyl (C=O) groups is 2. The molecule has 10 heteroatoms. The second kappa shape index (κ2) is 14.3. The van der Waals surface area contributed by atoms with Crippen LogP contribution in [0.3, 0.4) is 0 Å². The highest BCUT2D eigenvalue weighted by atomic mass is 35.5. The van der Waals surface area contributed by atoms with Crippen LogP contribution in [-0.2, 0) is 9.59 Å². The largest absolute Gasteiger partial charge is 0.506 e. The highest BCUT2D eigenvalue weighted by Crippen LogP contribution is 2.29. The van der Waals surface area contributed by atoms with Gasteiger partial charge in [-0.25, -0.2) is 0 Å². The van der Waals surface area contributed by atoms with Crippen molar-refractivity contribution in [2.45, 2.75) is 13.8 Å². The molecule has 0 amide bonds. The highest BCUT2D eigenvalue weighted by molar-refractivity contribution is 6.42. The zero-order valence-electron chi connectivity index (χ0n) is 13.6. The van der Waals surface area contributed by atoms with Crippen LogP contribution < -0.4 is 0 Å². The maximum absolute atomic E-state index is 9.00. The monoisotopic (exact) mass is 444 g/mol. The number of aliphatic carboxylic acids is 2. The van der Waals surface area contributed by atoms with Gasteiger partial charge < -0.3 is 20.4 Å². The van der Waals surface area contributed by atoms with E-state index in [1.165, 1.54) is 12.1 Å². The Labute approximate surface area is 170 Å². The number of benzene rings is 2. The van der Waals surface area contributed by atoms with E-state index in [4.69, 9.17) is 76.4 Å². The summed E-state index contributed by atoms with van der Waals surface area (Å²) < 4.78 is 0. The van der Waals surface area contributed by atoms with Gasteiger partial charge in [0.05, 0.1) is 10.0 Å². The fourth-order valence-corrected chi connectivity index (χ4v) is 1.56. The van der Waals surface area contributed by atoms with Crippen LogP contribution in [0.5, 0.6) is 11.5 Å². The Hall–Kier alpha value is -1.86. The maximum Gasteiger partial charge on any atom is 0.300 e. The molecule has 0 heterocycles. The maximum atomic E-state index is 9.00. The minimum Gasteiger partial charge on any atom is -0.506 e. The Morgan fingerprint density at radius 3 is 1.54 bits per heavy atom. The van der Waals surface area contributed by atoms with Crippen molar-refractivity contribution in [1.82, 2.24) is 0 Å². The lowest BCUT2D eigenvalue weighted by Gasteiger charge is -1.95. The fraction of sp³-hybridized carbons (Fsp3) is 0.125. The lowest BCUT2D eigenvalue weighted by atomic mass is 10.3. The smallest absolute Gasteiger partial charge is 0.300 e. The highest BCUT2D eigenvalue weighted by Gasteiger charge is 1.99. The molecule has 2 rings (SSSR count). The topological polar surface area (TPSA) is 115 Å². The van der Waals surface area contributed by atoms with Crippen molar-refractivity contribution in [2.75, 3.05) is 0 Å². The third-order valence-corrected chi connectivity index (χ3v) is 3.20. The summed E-state index contributed by atoms with van der Waals surface area (Å²) in [6, 6.07) is 9.27. The van der Waals surface area contributed by atoms with Crippen LogP contribution in [0.4, 0.5) is 0 Å². The summed E-state index contributed by atoms with van der Waals surface area (Å²) in [6.07, 6.45) is 0. The SMILES string of the molecule is CC(=O)O.CC(=O)O.Oc1cc(Cl)ccc1Cl.Oc1cccc(Cl)c1Cl. The van der Waals surface area contributed by atoms with Gasteiger partial charge in [0.25, 0.3) is 11.9 Å². The van der Waals surface area contributed by atoms with Gasteiger partial charge in [0.15, 0.2) is 0 Å². The average molecular weight is 446 g/mol. The predicted molar refractivity (Wildman–Crippen MR) is 103 cm³/mol. The number of halogens is 4. The minimum absolute atomic E-state index is 0.0177. The molecule has 6 nitrogen and oxygen atoms in total. The number of phenols is 2. The number of hydrogen-bond donors (Lipinski definition) is 4. The molecule has 2 aromatic carbocycles. The van der Waals surface area contributed by atoms with Crippen molar-refractivity contribution in [2.24, 2.45) is 0 Å². The first-order valence-electron chi connectivity index (χ1n) is 6.54. The van der Waals surface area contributed by atoms with E-state index in [1.807, 2.05) is 0 Å². The van der Waals surface area contributed by atoms with E-state index in [2.05, 4.69) is 0 Å². The summed E-state index contributed by atoms with van der Waals surface area (Å²) in [5.41, 5.74) is 0. The van der Waals surface area contributed by atoms with Gasteiger partial charge in [0, 0.05) is 24.9 Å². The molecule has 0 bridgehead atoms. The van der Waals surface area contributed by atoms with E-state index < -0.39 is 11.9 Å². The van der Waals surface area contributed by atoms with Gasteiger partial charge in [-0.05, 0) is 24.3 Å². The van der Waals surface area contributed by atoms with E-state index in [-0.39, 0.29) is 16.5 Å². The third-order valence-electron chi connectivity index (χ3n) is 1.84. The summed E-state index contributed by atoms with van der Waals surface area (Å²) in [6.45, 7) is 2.17. The van der Waals surface area contributed by atoms with Gasteiger partial charge >= 0.3 is 0 Å². The van der Waals surface area contributed by atoms with Crippen LogP contribution in [0.25, 0.3) is 0 Å². The summed E-state index contributed by atoms with van der Waals surface area (Å²) >= 11 is 22.0. The van der Waals surface area contributed by atoms with Crippen LogP contribution in [-0.4, -0.2) is 32.4 Å². The molecule has 0 aliphatic heterocycles. The molecule has 144 valence electrons. The Balaban J connectivity index is 0. The van der Waals surface area contributed by atoms with Crippen LogP contribution in [0.2, 0.25) is 20.1 Å². The third kappa shape index (κ3) is 15.7. The van der Waals surface area contributed by atoms with Gasteiger partial charge in [-0.15, -0.1) is 0 Å². The fourth-order valence-electron chi connectivity index (χ4n) is 0.978. The first-order chi connectivity index (χ1) is 11.9. The first kappa shape index (κ1) is 26.4. The van der Waals surface area contributed by atoms with E-state index in [9.17, 15) is 0 Å². The van der Waals surface area contributed by atoms with Crippen molar-refractivity contribution in [3.05, 3.63) is 56.5 Å². The Kier molecular flexibility index (Phi) is 14.5. The molecule has 2 aromatic rings. The van der Waals surface area contributed by atoms with Crippen LogP contribution >= 0.6 is 46.4 Å². The molecule has 26 heavy (non-hydrogen) atoms. The predicted octanol–water partition coefficient (Wildman–Crippen LogP) is 5.58. The molecule has 0 aromatic heterocycles. The lowest BCUT2D eigenvalue weighted by Crippen LogP contribution is -1.78. The molecule has 0 unspecified atom stereocenters. The van der Waals surface area contributed by atoms with Crippen LogP contribution in [0.15, 0.2) is 36.4 Å². The Morgan fingerprint density at radius 1 is 0.769 bits per heavy atom. The Morgan fingerprint density at radius 2 is 1.23 bits per heavy atom. The summed E-state index contributed by atoms with van der Waals surface area (Å²) in [7, 11) is 0. The van der Waals surface area contributed by atoms with E-state index >= 15 is 0 Å². The molecular formula is C16H16Cl4O6. The second-order valence-corrected chi connectivity index (χ2v) is 5.84. The van der Waals surface area contributed by atoms with Crippen LogP contribution in [0.1, 0.15) is 13.8 Å². The number of hydrogen-bond acceptors (Lipinski definition) is 4. The number of carboxylic acid groups (broad SMARTS) is 2. The summed E-state index contributed by atoms with van der Waals surface area (Å²) in [5, 5.41) is 34.0. The molecule has 0 atom stereocenters. The number of rotatable bonds is 0. The number of carboxylic acids is 2. The van der Waals surface area contributed by atoms with E-state index in [0.29, 0.717) is 15.1 Å². The molecule has 0 saturated heterocycles. The molecule has 0 aliphatic carbocycles. The van der Waals surface area contributed by atoms with Crippen LogP contribution in [0, 0.1) is 0 Å². The number of phenolic OH excluding ortho intramolecular Hbond substituents is 2. The van der Waals surface area contributed by atoms with Gasteiger partial charge in [0.2, 0.25) is 0 Å². The van der Waals surface area contributed by atoms with Gasteiger partial charge in [0.1, 0.15) is 16.5 Å². The molecule has 0 aliphatic rings. The summed E-state index contributed by atoms with van der Waals surface area (Å²) in [4.78, 5) is 18.0. The van der Waals surface area contributed by atoms with Gasteiger partial charge in [-0.1, -0.05) is 52.5 Å². The normalized spacial score (nSPS) is 8.54.